The molecule has 0 spiro atoms. The van der Waals surface area contributed by atoms with Gasteiger partial charge < -0.3 is 9.73 Å². The Morgan fingerprint density at radius 1 is 1.50 bits per heavy atom. The van der Waals surface area contributed by atoms with Crippen molar-refractivity contribution in [3.63, 3.8) is 0 Å². The molecule has 0 aliphatic rings. The van der Waals surface area contributed by atoms with Crippen LogP contribution >= 0.6 is 0 Å². The highest BCUT2D eigenvalue weighted by molar-refractivity contribution is 5.03. The first-order valence-corrected chi connectivity index (χ1v) is 4.65. The third-order valence-corrected chi connectivity index (χ3v) is 1.94. The van der Waals surface area contributed by atoms with Crippen molar-refractivity contribution in [3.05, 3.63) is 24.2 Å². The fourth-order valence-electron chi connectivity index (χ4n) is 1.25. The fourth-order valence-corrected chi connectivity index (χ4v) is 1.25. The van der Waals surface area contributed by atoms with Crippen molar-refractivity contribution in [2.24, 2.45) is 0 Å². The zero-order valence-corrected chi connectivity index (χ0v) is 7.84. The zero-order chi connectivity index (χ0) is 8.81. The van der Waals surface area contributed by atoms with E-state index in [0.717, 1.165) is 25.1 Å². The minimum absolute atomic E-state index is 0.389. The Morgan fingerprint density at radius 2 is 2.33 bits per heavy atom. The van der Waals surface area contributed by atoms with Gasteiger partial charge >= 0.3 is 0 Å². The second-order valence-electron chi connectivity index (χ2n) is 2.93. The molecule has 1 unspecified atom stereocenters. The van der Waals surface area contributed by atoms with Crippen molar-refractivity contribution < 1.29 is 4.42 Å². The maximum absolute atomic E-state index is 5.32. The van der Waals surface area contributed by atoms with Crippen LogP contribution < -0.4 is 5.32 Å². The van der Waals surface area contributed by atoms with Crippen LogP contribution in [0, 0.1) is 0 Å². The second-order valence-corrected chi connectivity index (χ2v) is 2.93. The van der Waals surface area contributed by atoms with E-state index in [4.69, 9.17) is 4.42 Å². The van der Waals surface area contributed by atoms with Gasteiger partial charge in [-0.15, -0.1) is 0 Å². The molecule has 12 heavy (non-hydrogen) atoms. The summed E-state index contributed by atoms with van der Waals surface area (Å²) >= 11 is 0. The summed E-state index contributed by atoms with van der Waals surface area (Å²) in [6, 6.07) is 4.35. The van der Waals surface area contributed by atoms with E-state index in [2.05, 4.69) is 19.2 Å². The average molecular weight is 167 g/mol. The molecular formula is C10H17NO. The lowest BCUT2D eigenvalue weighted by molar-refractivity contribution is 0.405. The lowest BCUT2D eigenvalue weighted by atomic mass is 10.1. The molecule has 0 radical (unpaired) electrons. The van der Waals surface area contributed by atoms with Gasteiger partial charge in [0.2, 0.25) is 0 Å². The SMILES string of the molecule is CCCNC(CC)c1ccco1. The average Bonchev–Trinajstić information content (AvgIpc) is 2.59. The van der Waals surface area contributed by atoms with Crippen molar-refractivity contribution in [2.45, 2.75) is 32.7 Å². The molecule has 1 atom stereocenters. The van der Waals surface area contributed by atoms with Crippen LogP contribution in [0.15, 0.2) is 22.8 Å². The van der Waals surface area contributed by atoms with E-state index in [1.165, 1.54) is 0 Å². The maximum Gasteiger partial charge on any atom is 0.120 e. The third kappa shape index (κ3) is 2.38. The van der Waals surface area contributed by atoms with Gasteiger partial charge in [0, 0.05) is 0 Å². The van der Waals surface area contributed by atoms with Crippen LogP contribution in [0.3, 0.4) is 0 Å². The van der Waals surface area contributed by atoms with E-state index in [1.807, 2.05) is 12.1 Å². The molecule has 1 N–H and O–H groups in total. The first-order chi connectivity index (χ1) is 5.88. The van der Waals surface area contributed by atoms with Crippen LogP contribution in [0.1, 0.15) is 38.5 Å². The summed E-state index contributed by atoms with van der Waals surface area (Å²) in [5.74, 6) is 1.05. The molecule has 0 amide bonds. The van der Waals surface area contributed by atoms with Crippen molar-refractivity contribution in [3.8, 4) is 0 Å². The molecule has 0 aliphatic carbocycles. The smallest absolute Gasteiger partial charge is 0.120 e. The lowest BCUT2D eigenvalue weighted by Crippen LogP contribution is -2.20. The first kappa shape index (κ1) is 9.33. The zero-order valence-electron chi connectivity index (χ0n) is 7.84. The molecular weight excluding hydrogens is 150 g/mol. The number of nitrogens with one attached hydrogen (secondary N) is 1. The van der Waals surface area contributed by atoms with Gasteiger partial charge in [-0.05, 0) is 31.5 Å². The summed E-state index contributed by atoms with van der Waals surface area (Å²) in [6.07, 6.45) is 3.97. The largest absolute Gasteiger partial charge is 0.468 e. The monoisotopic (exact) mass is 167 g/mol. The molecule has 1 aromatic heterocycles. The molecule has 0 aliphatic heterocycles. The van der Waals surface area contributed by atoms with E-state index in [-0.39, 0.29) is 0 Å². The van der Waals surface area contributed by atoms with Crippen LogP contribution in [-0.2, 0) is 0 Å². The van der Waals surface area contributed by atoms with Crippen molar-refractivity contribution in [1.82, 2.24) is 5.32 Å². The van der Waals surface area contributed by atoms with Crippen LogP contribution in [0.2, 0.25) is 0 Å². The van der Waals surface area contributed by atoms with Crippen LogP contribution in [0.4, 0.5) is 0 Å². The van der Waals surface area contributed by atoms with E-state index in [9.17, 15) is 0 Å². The molecule has 68 valence electrons. The Hall–Kier alpha value is -0.760. The maximum atomic E-state index is 5.32. The van der Waals surface area contributed by atoms with Crippen molar-refractivity contribution in [1.29, 1.82) is 0 Å². The molecule has 2 nitrogen and oxygen atoms in total. The highest BCUT2D eigenvalue weighted by atomic mass is 16.3. The second kappa shape index (κ2) is 4.99. The number of hydrogen-bond acceptors (Lipinski definition) is 2. The van der Waals surface area contributed by atoms with Gasteiger partial charge in [0.1, 0.15) is 5.76 Å². The number of hydrogen-bond donors (Lipinski definition) is 1. The van der Waals surface area contributed by atoms with E-state index < -0.39 is 0 Å². The molecule has 1 heterocycles. The molecule has 0 aromatic carbocycles. The molecule has 0 saturated carbocycles. The highest BCUT2D eigenvalue weighted by Gasteiger charge is 2.09. The molecule has 0 bridgehead atoms. The van der Waals surface area contributed by atoms with Gasteiger partial charge in [-0.1, -0.05) is 13.8 Å². The number of furan rings is 1. The highest BCUT2D eigenvalue weighted by Crippen LogP contribution is 2.16. The van der Waals surface area contributed by atoms with E-state index >= 15 is 0 Å². The van der Waals surface area contributed by atoms with E-state index in [1.54, 1.807) is 6.26 Å². The summed E-state index contributed by atoms with van der Waals surface area (Å²) in [4.78, 5) is 0. The molecule has 1 aromatic rings. The van der Waals surface area contributed by atoms with Gasteiger partial charge in [0.15, 0.2) is 0 Å². The Labute approximate surface area is 74.0 Å². The Morgan fingerprint density at radius 3 is 2.83 bits per heavy atom. The molecule has 0 saturated heterocycles. The van der Waals surface area contributed by atoms with Crippen LogP contribution in [-0.4, -0.2) is 6.54 Å². The first-order valence-electron chi connectivity index (χ1n) is 4.65. The fraction of sp³-hybridized carbons (Fsp3) is 0.600. The van der Waals surface area contributed by atoms with Gasteiger partial charge in [-0.25, -0.2) is 0 Å². The third-order valence-electron chi connectivity index (χ3n) is 1.94. The predicted molar refractivity (Wildman–Crippen MR) is 50.0 cm³/mol. The molecule has 1 rings (SSSR count). The van der Waals surface area contributed by atoms with Gasteiger partial charge in [0.25, 0.3) is 0 Å². The quantitative estimate of drug-likeness (QED) is 0.729. The Kier molecular flexibility index (Phi) is 3.88. The minimum atomic E-state index is 0.389. The Bertz CT molecular complexity index is 194. The molecule has 0 fully saturated rings. The summed E-state index contributed by atoms with van der Waals surface area (Å²) < 4.78 is 5.32. The van der Waals surface area contributed by atoms with Crippen molar-refractivity contribution >= 4 is 0 Å². The van der Waals surface area contributed by atoms with E-state index in [0.29, 0.717) is 6.04 Å². The predicted octanol–water partition coefficient (Wildman–Crippen LogP) is 2.73. The summed E-state index contributed by atoms with van der Waals surface area (Å²) in [5.41, 5.74) is 0. The standard InChI is InChI=1S/C10H17NO/c1-3-7-11-9(4-2)10-6-5-8-12-10/h5-6,8-9,11H,3-4,7H2,1-2H3. The summed E-state index contributed by atoms with van der Waals surface area (Å²) in [6.45, 7) is 5.39. The normalized spacial score (nSPS) is 13.2. The van der Waals surface area contributed by atoms with Crippen LogP contribution in [0.25, 0.3) is 0 Å². The number of rotatable bonds is 5. The van der Waals surface area contributed by atoms with Gasteiger partial charge in [-0.3, -0.25) is 0 Å². The summed E-state index contributed by atoms with van der Waals surface area (Å²) in [7, 11) is 0. The van der Waals surface area contributed by atoms with Gasteiger partial charge in [-0.2, -0.15) is 0 Å². The lowest BCUT2D eigenvalue weighted by Gasteiger charge is -2.13. The molecule has 2 heteroatoms. The van der Waals surface area contributed by atoms with Gasteiger partial charge in [0.05, 0.1) is 12.3 Å². The minimum Gasteiger partial charge on any atom is -0.468 e. The topological polar surface area (TPSA) is 25.2 Å². The summed E-state index contributed by atoms with van der Waals surface area (Å²) in [5, 5.41) is 3.43. The Balaban J connectivity index is 2.45. The van der Waals surface area contributed by atoms with Crippen molar-refractivity contribution in [2.75, 3.05) is 6.54 Å². The van der Waals surface area contributed by atoms with Crippen LogP contribution in [0.5, 0.6) is 0 Å².